The van der Waals surface area contributed by atoms with Crippen LogP contribution in [0.3, 0.4) is 0 Å². The zero-order valence-corrected chi connectivity index (χ0v) is 18.1. The summed E-state index contributed by atoms with van der Waals surface area (Å²) in [7, 11) is -3.67. The molecule has 2 N–H and O–H groups in total. The minimum Gasteiger partial charge on any atom is -0.393 e. The van der Waals surface area contributed by atoms with Crippen molar-refractivity contribution in [1.82, 2.24) is 14.5 Å². The highest BCUT2D eigenvalue weighted by Crippen LogP contribution is 2.36. The zero-order chi connectivity index (χ0) is 20.8. The Morgan fingerprint density at radius 3 is 2.59 bits per heavy atom. The molecule has 0 radical (unpaired) electrons. The maximum atomic E-state index is 13.2. The van der Waals surface area contributed by atoms with Crippen molar-refractivity contribution in [1.29, 1.82) is 0 Å². The molecule has 0 aromatic heterocycles. The second kappa shape index (κ2) is 8.06. The van der Waals surface area contributed by atoms with Gasteiger partial charge in [0.15, 0.2) is 0 Å². The Morgan fingerprint density at radius 2 is 1.90 bits per heavy atom. The van der Waals surface area contributed by atoms with Gasteiger partial charge in [-0.1, -0.05) is 17.7 Å². The van der Waals surface area contributed by atoms with E-state index in [1.165, 1.54) is 4.31 Å². The molecule has 3 aliphatic rings. The Morgan fingerprint density at radius 1 is 1.21 bits per heavy atom. The van der Waals surface area contributed by atoms with Crippen LogP contribution in [0.4, 0.5) is 4.79 Å². The van der Waals surface area contributed by atoms with Gasteiger partial charge in [-0.3, -0.25) is 0 Å². The number of aliphatic hydroxyl groups is 1. The smallest absolute Gasteiger partial charge is 0.318 e. The monoisotopic (exact) mass is 441 g/mol. The lowest BCUT2D eigenvalue weighted by Gasteiger charge is -2.39. The Hall–Kier alpha value is -1.35. The number of nitrogens with one attached hydrogen (secondary N) is 1. The fourth-order valence-corrected chi connectivity index (χ4v) is 7.02. The molecule has 29 heavy (non-hydrogen) atoms. The van der Waals surface area contributed by atoms with E-state index in [0.29, 0.717) is 36.4 Å². The molecule has 0 spiro atoms. The molecule has 3 heterocycles. The molecular weight excluding hydrogens is 414 g/mol. The van der Waals surface area contributed by atoms with Crippen molar-refractivity contribution in [2.24, 2.45) is 0 Å². The maximum absolute atomic E-state index is 13.2. The minimum atomic E-state index is -3.67. The standard InChI is InChI=1S/C20H28ClN3O4S/c1-13-18(21)5-2-6-19(13)29(27,28)23-9-3-4-14(12-23)22-20(26)24-15-7-8-16(24)11-17(25)10-15/h2,5-6,14-17,25H,3-4,7-12H2,1H3,(H,22,26)/t14-,15-,16-/m0/s1. The Labute approximate surface area is 177 Å². The van der Waals surface area contributed by atoms with Crippen LogP contribution in [0, 0.1) is 6.92 Å². The number of aliphatic hydroxyl groups excluding tert-OH is 1. The third-order valence-electron chi connectivity index (χ3n) is 6.49. The van der Waals surface area contributed by atoms with Crippen LogP contribution in [-0.2, 0) is 10.0 Å². The number of benzene rings is 1. The van der Waals surface area contributed by atoms with Gasteiger partial charge >= 0.3 is 6.03 Å². The first-order valence-electron chi connectivity index (χ1n) is 10.3. The molecule has 3 fully saturated rings. The predicted molar refractivity (Wildman–Crippen MR) is 110 cm³/mol. The first-order valence-corrected chi connectivity index (χ1v) is 12.1. The summed E-state index contributed by atoms with van der Waals surface area (Å²) in [5, 5.41) is 13.4. The summed E-state index contributed by atoms with van der Waals surface area (Å²) >= 11 is 6.12. The number of carbonyl (C=O) groups excluding carboxylic acids is 1. The van der Waals surface area contributed by atoms with E-state index in [1.54, 1.807) is 25.1 Å². The Balaban J connectivity index is 1.45. The molecule has 160 valence electrons. The number of carbonyl (C=O) groups is 1. The van der Waals surface area contributed by atoms with Crippen molar-refractivity contribution < 1.29 is 18.3 Å². The van der Waals surface area contributed by atoms with Gasteiger partial charge in [-0.2, -0.15) is 4.31 Å². The van der Waals surface area contributed by atoms with Crippen LogP contribution in [0.5, 0.6) is 0 Å². The molecule has 3 atom stereocenters. The third kappa shape index (κ3) is 4.00. The molecule has 7 nitrogen and oxygen atoms in total. The van der Waals surface area contributed by atoms with Crippen LogP contribution < -0.4 is 5.32 Å². The fraction of sp³-hybridized carbons (Fsp3) is 0.650. The van der Waals surface area contributed by atoms with Crippen molar-refractivity contribution in [2.75, 3.05) is 13.1 Å². The number of hydrogen-bond donors (Lipinski definition) is 2. The summed E-state index contributed by atoms with van der Waals surface area (Å²) in [6, 6.07) is 4.72. The lowest BCUT2D eigenvalue weighted by Crippen LogP contribution is -2.57. The maximum Gasteiger partial charge on any atom is 0.318 e. The number of sulfonamides is 1. The molecule has 2 bridgehead atoms. The summed E-state index contributed by atoms with van der Waals surface area (Å²) in [6.45, 7) is 2.40. The summed E-state index contributed by atoms with van der Waals surface area (Å²) in [6.07, 6.45) is 4.22. The number of halogens is 1. The van der Waals surface area contributed by atoms with Crippen LogP contribution in [0.2, 0.25) is 5.02 Å². The minimum absolute atomic E-state index is 0.0845. The summed E-state index contributed by atoms with van der Waals surface area (Å²) in [5.41, 5.74) is 0.545. The zero-order valence-electron chi connectivity index (χ0n) is 16.6. The van der Waals surface area contributed by atoms with Crippen molar-refractivity contribution >= 4 is 27.7 Å². The van der Waals surface area contributed by atoms with Gasteiger partial charge < -0.3 is 15.3 Å². The number of rotatable bonds is 3. The third-order valence-corrected chi connectivity index (χ3v) is 8.91. The van der Waals surface area contributed by atoms with Gasteiger partial charge in [0.1, 0.15) is 0 Å². The molecule has 1 aromatic rings. The summed E-state index contributed by atoms with van der Waals surface area (Å²) < 4.78 is 27.8. The molecular formula is C20H28ClN3O4S. The van der Waals surface area contributed by atoms with Crippen molar-refractivity contribution in [2.45, 2.75) is 74.6 Å². The van der Waals surface area contributed by atoms with E-state index in [4.69, 9.17) is 11.6 Å². The second-order valence-electron chi connectivity index (χ2n) is 8.43. The SMILES string of the molecule is Cc1c(Cl)cccc1S(=O)(=O)N1CCC[C@H](NC(=O)N2[C@H]3CC[C@H]2CC(O)C3)C1. The molecule has 9 heteroatoms. The van der Waals surface area contributed by atoms with Crippen LogP contribution >= 0.6 is 11.6 Å². The number of fused-ring (bicyclic) bond motifs is 2. The number of piperidine rings is 2. The average molecular weight is 442 g/mol. The first-order chi connectivity index (χ1) is 13.8. The van der Waals surface area contributed by atoms with Gasteiger partial charge in [-0.05, 0) is 63.1 Å². The highest BCUT2D eigenvalue weighted by Gasteiger charge is 2.43. The van der Waals surface area contributed by atoms with E-state index in [-0.39, 0.29) is 41.7 Å². The lowest BCUT2D eigenvalue weighted by molar-refractivity contribution is 0.0528. The van der Waals surface area contributed by atoms with Crippen molar-refractivity contribution in [3.63, 3.8) is 0 Å². The first kappa shape index (κ1) is 20.9. The quantitative estimate of drug-likeness (QED) is 0.754. The van der Waals surface area contributed by atoms with Crippen LogP contribution in [0.25, 0.3) is 0 Å². The van der Waals surface area contributed by atoms with Crippen molar-refractivity contribution in [3.8, 4) is 0 Å². The lowest BCUT2D eigenvalue weighted by atomic mass is 10.0. The van der Waals surface area contributed by atoms with E-state index in [2.05, 4.69) is 5.32 Å². The highest BCUT2D eigenvalue weighted by molar-refractivity contribution is 7.89. The van der Waals surface area contributed by atoms with Crippen LogP contribution in [-0.4, -0.2) is 66.1 Å². The normalized spacial score (nSPS) is 30.4. The Bertz CT molecular complexity index is 880. The van der Waals surface area contributed by atoms with E-state index in [0.717, 1.165) is 19.3 Å². The number of amides is 2. The fourth-order valence-electron chi connectivity index (χ4n) is 5.01. The second-order valence-corrected chi connectivity index (χ2v) is 10.7. The number of nitrogens with zero attached hydrogens (tertiary/aromatic N) is 2. The summed E-state index contributed by atoms with van der Waals surface area (Å²) in [4.78, 5) is 15.0. The highest BCUT2D eigenvalue weighted by atomic mass is 35.5. The van der Waals surface area contributed by atoms with Gasteiger partial charge in [0.2, 0.25) is 10.0 Å². The molecule has 0 unspecified atom stereocenters. The van der Waals surface area contributed by atoms with E-state index in [9.17, 15) is 18.3 Å². The van der Waals surface area contributed by atoms with E-state index >= 15 is 0 Å². The van der Waals surface area contributed by atoms with Crippen LogP contribution in [0.15, 0.2) is 23.1 Å². The average Bonchev–Trinajstić information content (AvgIpc) is 2.95. The van der Waals surface area contributed by atoms with E-state index in [1.807, 2.05) is 4.90 Å². The molecule has 0 aliphatic carbocycles. The van der Waals surface area contributed by atoms with E-state index < -0.39 is 10.0 Å². The van der Waals surface area contributed by atoms with Crippen LogP contribution in [0.1, 0.15) is 44.1 Å². The Kier molecular flexibility index (Phi) is 5.81. The molecule has 3 saturated heterocycles. The van der Waals surface area contributed by atoms with Gasteiger partial charge in [0, 0.05) is 36.2 Å². The molecule has 4 rings (SSSR count). The van der Waals surface area contributed by atoms with Gasteiger partial charge in [0.25, 0.3) is 0 Å². The molecule has 3 aliphatic heterocycles. The van der Waals surface area contributed by atoms with Gasteiger partial charge in [0.05, 0.1) is 11.0 Å². The molecule has 1 aromatic carbocycles. The number of urea groups is 1. The van der Waals surface area contributed by atoms with Crippen molar-refractivity contribution in [3.05, 3.63) is 28.8 Å². The topological polar surface area (TPSA) is 90.0 Å². The predicted octanol–water partition coefficient (Wildman–Crippen LogP) is 2.50. The van der Waals surface area contributed by atoms with Gasteiger partial charge in [-0.15, -0.1) is 0 Å². The molecule has 2 amide bonds. The van der Waals surface area contributed by atoms with Gasteiger partial charge in [-0.25, -0.2) is 13.2 Å². The largest absolute Gasteiger partial charge is 0.393 e. The summed E-state index contributed by atoms with van der Waals surface area (Å²) in [5.74, 6) is 0. The number of hydrogen-bond acceptors (Lipinski definition) is 4. The molecule has 0 saturated carbocycles.